The molecule has 1 saturated carbocycles. The number of pyridine rings is 1. The SMILES string of the molecule is CCC1CC1n1cncc1-c1cnccc1N. The fraction of sp³-hybridized carbons (Fsp3) is 0.385. The monoisotopic (exact) mass is 228 g/mol. The van der Waals surface area contributed by atoms with E-state index in [9.17, 15) is 0 Å². The molecule has 0 amide bonds. The Morgan fingerprint density at radius 1 is 1.41 bits per heavy atom. The van der Waals surface area contributed by atoms with E-state index in [0.717, 1.165) is 22.9 Å². The Morgan fingerprint density at radius 3 is 3.00 bits per heavy atom. The highest BCUT2D eigenvalue weighted by molar-refractivity contribution is 5.72. The molecule has 0 spiro atoms. The zero-order chi connectivity index (χ0) is 11.8. The first-order chi connectivity index (χ1) is 8.31. The Labute approximate surface area is 101 Å². The fourth-order valence-electron chi connectivity index (χ4n) is 2.41. The third-order valence-corrected chi connectivity index (χ3v) is 3.56. The molecule has 0 aromatic carbocycles. The van der Waals surface area contributed by atoms with E-state index in [-0.39, 0.29) is 0 Å². The number of nitrogens with zero attached hydrogens (tertiary/aromatic N) is 3. The van der Waals surface area contributed by atoms with Crippen LogP contribution in [0.15, 0.2) is 31.0 Å². The molecule has 0 aliphatic heterocycles. The van der Waals surface area contributed by atoms with Gasteiger partial charge in [-0.2, -0.15) is 0 Å². The lowest BCUT2D eigenvalue weighted by molar-refractivity contribution is 0.645. The molecule has 2 aromatic rings. The summed E-state index contributed by atoms with van der Waals surface area (Å²) in [5.41, 5.74) is 8.81. The first-order valence-corrected chi connectivity index (χ1v) is 6.03. The van der Waals surface area contributed by atoms with Crippen molar-refractivity contribution in [2.75, 3.05) is 5.73 Å². The van der Waals surface area contributed by atoms with Crippen molar-refractivity contribution in [1.29, 1.82) is 0 Å². The highest BCUT2D eigenvalue weighted by Gasteiger charge is 2.38. The first-order valence-electron chi connectivity index (χ1n) is 6.03. The minimum absolute atomic E-state index is 0.595. The molecule has 17 heavy (non-hydrogen) atoms. The van der Waals surface area contributed by atoms with Gasteiger partial charge < -0.3 is 10.3 Å². The van der Waals surface area contributed by atoms with Crippen LogP contribution in [0.5, 0.6) is 0 Å². The Hall–Kier alpha value is -1.84. The van der Waals surface area contributed by atoms with E-state index < -0.39 is 0 Å². The molecule has 2 aromatic heterocycles. The number of hydrogen-bond acceptors (Lipinski definition) is 3. The van der Waals surface area contributed by atoms with Gasteiger partial charge in [0.25, 0.3) is 0 Å². The second-order valence-electron chi connectivity index (χ2n) is 4.62. The Bertz CT molecular complexity index is 532. The van der Waals surface area contributed by atoms with Gasteiger partial charge >= 0.3 is 0 Å². The van der Waals surface area contributed by atoms with Crippen molar-refractivity contribution in [3.63, 3.8) is 0 Å². The largest absolute Gasteiger partial charge is 0.398 e. The second kappa shape index (κ2) is 3.87. The minimum Gasteiger partial charge on any atom is -0.398 e. The van der Waals surface area contributed by atoms with E-state index in [1.807, 2.05) is 24.8 Å². The molecule has 0 radical (unpaired) electrons. The molecule has 2 unspecified atom stereocenters. The van der Waals surface area contributed by atoms with Crippen LogP contribution in [0.3, 0.4) is 0 Å². The maximum absolute atomic E-state index is 5.99. The number of aromatic nitrogens is 3. The summed E-state index contributed by atoms with van der Waals surface area (Å²) in [6.07, 6.45) is 9.78. The van der Waals surface area contributed by atoms with Crippen molar-refractivity contribution in [2.24, 2.45) is 5.92 Å². The number of imidazole rings is 1. The Kier molecular flexibility index (Phi) is 2.35. The van der Waals surface area contributed by atoms with Crippen molar-refractivity contribution in [3.05, 3.63) is 31.0 Å². The Balaban J connectivity index is 2.00. The summed E-state index contributed by atoms with van der Waals surface area (Å²) >= 11 is 0. The van der Waals surface area contributed by atoms with Crippen LogP contribution in [0, 0.1) is 5.92 Å². The zero-order valence-electron chi connectivity index (χ0n) is 9.87. The van der Waals surface area contributed by atoms with Crippen LogP contribution in [0.25, 0.3) is 11.3 Å². The molecule has 2 atom stereocenters. The lowest BCUT2D eigenvalue weighted by Crippen LogP contribution is -1.99. The van der Waals surface area contributed by atoms with Crippen LogP contribution in [0.1, 0.15) is 25.8 Å². The third-order valence-electron chi connectivity index (χ3n) is 3.56. The van der Waals surface area contributed by atoms with Gasteiger partial charge in [0.05, 0.1) is 18.2 Å². The van der Waals surface area contributed by atoms with E-state index in [0.29, 0.717) is 6.04 Å². The van der Waals surface area contributed by atoms with Gasteiger partial charge in [0.1, 0.15) is 0 Å². The topological polar surface area (TPSA) is 56.7 Å². The lowest BCUT2D eigenvalue weighted by Gasteiger charge is -2.09. The van der Waals surface area contributed by atoms with E-state index in [2.05, 4.69) is 21.5 Å². The van der Waals surface area contributed by atoms with Gasteiger partial charge in [-0.25, -0.2) is 4.98 Å². The van der Waals surface area contributed by atoms with Gasteiger partial charge in [-0.05, 0) is 18.4 Å². The summed E-state index contributed by atoms with van der Waals surface area (Å²) in [6, 6.07) is 2.42. The molecule has 1 fully saturated rings. The standard InChI is InChI=1S/C13H16N4/c1-2-9-5-12(9)17-8-16-7-13(17)10-6-15-4-3-11(10)14/h3-4,6-9,12H,2,5H2,1H3,(H2,14,15). The number of hydrogen-bond donors (Lipinski definition) is 1. The van der Waals surface area contributed by atoms with Gasteiger partial charge in [0.2, 0.25) is 0 Å². The van der Waals surface area contributed by atoms with Gasteiger partial charge in [-0.15, -0.1) is 0 Å². The average Bonchev–Trinajstić information content (AvgIpc) is 2.98. The predicted molar refractivity (Wildman–Crippen MR) is 67.3 cm³/mol. The number of rotatable bonds is 3. The number of nitrogens with two attached hydrogens (primary N) is 1. The molecule has 0 saturated heterocycles. The van der Waals surface area contributed by atoms with E-state index in [4.69, 9.17) is 5.73 Å². The summed E-state index contributed by atoms with van der Waals surface area (Å²) in [7, 11) is 0. The molecule has 4 heteroatoms. The van der Waals surface area contributed by atoms with Crippen molar-refractivity contribution in [1.82, 2.24) is 14.5 Å². The normalized spacial score (nSPS) is 22.6. The minimum atomic E-state index is 0.595. The van der Waals surface area contributed by atoms with Crippen LogP contribution < -0.4 is 5.73 Å². The lowest BCUT2D eigenvalue weighted by atomic mass is 10.2. The third kappa shape index (κ3) is 1.69. The highest BCUT2D eigenvalue weighted by Crippen LogP contribution is 2.47. The summed E-state index contributed by atoms with van der Waals surface area (Å²) < 4.78 is 2.24. The average molecular weight is 228 g/mol. The molecule has 2 N–H and O–H groups in total. The number of anilines is 1. The van der Waals surface area contributed by atoms with Gasteiger partial charge in [0, 0.05) is 29.7 Å². The van der Waals surface area contributed by atoms with Crippen LogP contribution in [0.2, 0.25) is 0 Å². The summed E-state index contributed by atoms with van der Waals surface area (Å²) in [6.45, 7) is 2.24. The molecule has 0 bridgehead atoms. The molecule has 3 rings (SSSR count). The molecule has 4 nitrogen and oxygen atoms in total. The van der Waals surface area contributed by atoms with Gasteiger partial charge in [-0.3, -0.25) is 4.98 Å². The van der Waals surface area contributed by atoms with E-state index in [1.54, 1.807) is 6.20 Å². The molecule has 88 valence electrons. The highest BCUT2D eigenvalue weighted by atomic mass is 15.1. The maximum atomic E-state index is 5.99. The second-order valence-corrected chi connectivity index (χ2v) is 4.62. The smallest absolute Gasteiger partial charge is 0.0953 e. The van der Waals surface area contributed by atoms with E-state index in [1.165, 1.54) is 12.8 Å². The summed E-state index contributed by atoms with van der Waals surface area (Å²) in [5.74, 6) is 0.792. The summed E-state index contributed by atoms with van der Waals surface area (Å²) in [4.78, 5) is 8.39. The fourth-order valence-corrected chi connectivity index (χ4v) is 2.41. The Morgan fingerprint density at radius 2 is 2.29 bits per heavy atom. The van der Waals surface area contributed by atoms with Gasteiger partial charge in [0.15, 0.2) is 0 Å². The van der Waals surface area contributed by atoms with Crippen LogP contribution in [0.4, 0.5) is 5.69 Å². The van der Waals surface area contributed by atoms with Crippen LogP contribution in [-0.2, 0) is 0 Å². The first kappa shape index (κ1) is 10.3. The van der Waals surface area contributed by atoms with Crippen molar-refractivity contribution >= 4 is 5.69 Å². The molecule has 2 heterocycles. The van der Waals surface area contributed by atoms with Crippen LogP contribution >= 0.6 is 0 Å². The predicted octanol–water partition coefficient (Wildman–Crippen LogP) is 2.50. The zero-order valence-corrected chi connectivity index (χ0v) is 9.87. The molecular weight excluding hydrogens is 212 g/mol. The quantitative estimate of drug-likeness (QED) is 0.878. The molecule has 1 aliphatic rings. The van der Waals surface area contributed by atoms with E-state index >= 15 is 0 Å². The van der Waals surface area contributed by atoms with Gasteiger partial charge in [-0.1, -0.05) is 13.3 Å². The van der Waals surface area contributed by atoms with Crippen molar-refractivity contribution < 1.29 is 0 Å². The van der Waals surface area contributed by atoms with Crippen molar-refractivity contribution in [2.45, 2.75) is 25.8 Å². The van der Waals surface area contributed by atoms with Crippen molar-refractivity contribution in [3.8, 4) is 11.3 Å². The molecule has 1 aliphatic carbocycles. The maximum Gasteiger partial charge on any atom is 0.0953 e. The molecular formula is C13H16N4. The summed E-state index contributed by atoms with van der Waals surface area (Å²) in [5, 5.41) is 0. The van der Waals surface area contributed by atoms with Crippen LogP contribution in [-0.4, -0.2) is 14.5 Å². The number of nitrogen functional groups attached to an aromatic ring is 1.